The number of nitrogens with zero attached hydrogens (tertiary/aromatic N) is 1. The van der Waals surface area contributed by atoms with Gasteiger partial charge < -0.3 is 5.11 Å². The van der Waals surface area contributed by atoms with Crippen LogP contribution in [0.25, 0.3) is 0 Å². The molecule has 21 heavy (non-hydrogen) atoms. The summed E-state index contributed by atoms with van der Waals surface area (Å²) < 4.78 is 0. The fourth-order valence-electron chi connectivity index (χ4n) is 1.90. The number of aromatic hydroxyl groups is 1. The van der Waals surface area contributed by atoms with E-state index in [1.54, 1.807) is 12.3 Å². The monoisotopic (exact) mass is 357 g/mol. The van der Waals surface area contributed by atoms with E-state index in [9.17, 15) is 5.11 Å². The average molecular weight is 358 g/mol. The second-order valence-electron chi connectivity index (χ2n) is 4.54. The molecule has 0 amide bonds. The van der Waals surface area contributed by atoms with Crippen molar-refractivity contribution in [3.8, 4) is 5.75 Å². The molecule has 2 nitrogen and oxygen atoms in total. The second kappa shape index (κ2) is 9.27. The Bertz CT molecular complexity index is 615. The van der Waals surface area contributed by atoms with E-state index in [-0.39, 0.29) is 5.75 Å². The van der Waals surface area contributed by atoms with Crippen molar-refractivity contribution in [2.45, 2.75) is 20.8 Å². The molecule has 0 heterocycles. The van der Waals surface area contributed by atoms with Crippen molar-refractivity contribution in [1.82, 2.24) is 0 Å². The first-order valence-electron chi connectivity index (χ1n) is 6.36. The molecule has 0 aromatic heterocycles. The average Bonchev–Trinajstić information content (AvgIpc) is 2.47. The van der Waals surface area contributed by atoms with Crippen molar-refractivity contribution < 1.29 is 22.1 Å². The van der Waals surface area contributed by atoms with Crippen molar-refractivity contribution in [3.63, 3.8) is 0 Å². The molecule has 2 aromatic carbocycles. The molecule has 0 spiro atoms. The first-order chi connectivity index (χ1) is 10.0. The Morgan fingerprint density at radius 1 is 1.05 bits per heavy atom. The maximum atomic E-state index is 9.98. The van der Waals surface area contributed by atoms with E-state index in [1.165, 1.54) is 5.56 Å². The Morgan fingerprint density at radius 2 is 1.62 bits per heavy atom. The zero-order chi connectivity index (χ0) is 15.8. The number of aryl methyl sites for hydroxylation is 1. The summed E-state index contributed by atoms with van der Waals surface area (Å²) in [6.45, 7) is 6.07. The SMILES string of the molecule is Cc1cc(O)c(C=Nc2ccccc2)c(C)c1C.[Cl][Ti][Cl]. The van der Waals surface area contributed by atoms with E-state index < -0.39 is 17.0 Å². The predicted molar refractivity (Wildman–Crippen MR) is 87.7 cm³/mol. The number of phenols is 1. The van der Waals surface area contributed by atoms with Crippen LogP contribution in [0.15, 0.2) is 41.4 Å². The van der Waals surface area contributed by atoms with Crippen LogP contribution in [0.5, 0.6) is 5.75 Å². The number of hydrogen-bond donors (Lipinski definition) is 1. The molecule has 0 unspecified atom stereocenters. The van der Waals surface area contributed by atoms with Gasteiger partial charge >= 0.3 is 35.6 Å². The topological polar surface area (TPSA) is 32.6 Å². The molecule has 0 atom stereocenters. The van der Waals surface area contributed by atoms with E-state index in [1.807, 2.05) is 44.2 Å². The predicted octanol–water partition coefficient (Wildman–Crippen LogP) is 5.44. The van der Waals surface area contributed by atoms with E-state index >= 15 is 0 Å². The minimum atomic E-state index is -0.556. The molecule has 0 fully saturated rings. The van der Waals surface area contributed by atoms with Crippen LogP contribution in [0.3, 0.4) is 0 Å². The van der Waals surface area contributed by atoms with Crippen LogP contribution >= 0.6 is 18.6 Å². The third kappa shape index (κ3) is 5.48. The van der Waals surface area contributed by atoms with Crippen molar-refractivity contribution in [2.75, 3.05) is 0 Å². The minimum absolute atomic E-state index is 0.287. The van der Waals surface area contributed by atoms with Gasteiger partial charge in [0.1, 0.15) is 5.75 Å². The van der Waals surface area contributed by atoms with Gasteiger partial charge in [0, 0.05) is 11.8 Å². The summed E-state index contributed by atoms with van der Waals surface area (Å²) in [6, 6.07) is 11.5. The number of aliphatic imine (C=N–C) groups is 1. The van der Waals surface area contributed by atoms with Crippen LogP contribution in [-0.2, 0) is 17.0 Å². The molecule has 0 saturated heterocycles. The Labute approximate surface area is 142 Å². The Balaban J connectivity index is 0.000000677. The molecule has 5 heteroatoms. The van der Waals surface area contributed by atoms with Gasteiger partial charge in [-0.15, -0.1) is 0 Å². The molecule has 0 saturated carbocycles. The summed E-state index contributed by atoms with van der Waals surface area (Å²) >= 11 is -0.556. The van der Waals surface area contributed by atoms with Gasteiger partial charge in [0.2, 0.25) is 0 Å². The number of hydrogen-bond acceptors (Lipinski definition) is 2. The van der Waals surface area contributed by atoms with Crippen LogP contribution in [-0.4, -0.2) is 11.3 Å². The van der Waals surface area contributed by atoms with Gasteiger partial charge in [-0.3, -0.25) is 4.99 Å². The van der Waals surface area contributed by atoms with Crippen LogP contribution < -0.4 is 0 Å². The molecule has 0 aliphatic carbocycles. The van der Waals surface area contributed by atoms with Gasteiger partial charge in [0.25, 0.3) is 0 Å². The first kappa shape index (κ1) is 18.3. The van der Waals surface area contributed by atoms with Crippen LogP contribution in [0.2, 0.25) is 0 Å². The third-order valence-corrected chi connectivity index (χ3v) is 3.29. The third-order valence-electron chi connectivity index (χ3n) is 3.29. The van der Waals surface area contributed by atoms with E-state index in [0.29, 0.717) is 0 Å². The van der Waals surface area contributed by atoms with Crippen molar-refractivity contribution in [2.24, 2.45) is 4.99 Å². The molecule has 0 aliphatic rings. The van der Waals surface area contributed by atoms with E-state index in [0.717, 1.165) is 22.4 Å². The zero-order valence-electron chi connectivity index (χ0n) is 12.2. The Morgan fingerprint density at radius 3 is 2.19 bits per heavy atom. The number of benzene rings is 2. The molecule has 2 rings (SSSR count). The first-order valence-corrected chi connectivity index (χ1v) is 10.7. The van der Waals surface area contributed by atoms with Crippen molar-refractivity contribution in [1.29, 1.82) is 0 Å². The normalized spacial score (nSPS) is 10.1. The van der Waals surface area contributed by atoms with Crippen LogP contribution in [0, 0.1) is 20.8 Å². The molecular weight excluding hydrogens is 341 g/mol. The molecule has 2 aromatic rings. The Kier molecular flexibility index (Phi) is 8.06. The van der Waals surface area contributed by atoms with Gasteiger partial charge in [-0.1, -0.05) is 18.2 Å². The number of rotatable bonds is 2. The summed E-state index contributed by atoms with van der Waals surface area (Å²) in [7, 11) is 9.78. The van der Waals surface area contributed by atoms with Gasteiger partial charge in [-0.05, 0) is 55.7 Å². The van der Waals surface area contributed by atoms with Crippen LogP contribution in [0.4, 0.5) is 5.69 Å². The molecule has 110 valence electrons. The maximum absolute atomic E-state index is 9.98. The van der Waals surface area contributed by atoms with Gasteiger partial charge in [0.15, 0.2) is 0 Å². The van der Waals surface area contributed by atoms with Crippen molar-refractivity contribution >= 4 is 30.5 Å². The fraction of sp³-hybridized carbons (Fsp3) is 0.188. The van der Waals surface area contributed by atoms with Gasteiger partial charge in [0.05, 0.1) is 5.69 Å². The molecule has 0 aliphatic heterocycles. The Hall–Kier alpha value is -0.796. The summed E-state index contributed by atoms with van der Waals surface area (Å²) in [5.41, 5.74) is 5.05. The van der Waals surface area contributed by atoms with Gasteiger partial charge in [-0.2, -0.15) is 0 Å². The molecule has 1 N–H and O–H groups in total. The van der Waals surface area contributed by atoms with E-state index in [4.69, 9.17) is 18.6 Å². The standard InChI is InChI=1S/C16H17NO.2ClH.Ti/c1-11-9-16(18)15(13(3)12(11)2)10-17-14-7-5-4-6-8-14;;;/h4-10,18H,1-3H3;2*1H;/q;;;+2/p-2. The summed E-state index contributed by atoms with van der Waals surface area (Å²) in [4.78, 5) is 4.38. The zero-order valence-corrected chi connectivity index (χ0v) is 15.3. The fourth-order valence-corrected chi connectivity index (χ4v) is 1.90. The quantitative estimate of drug-likeness (QED) is 0.562. The second-order valence-corrected chi connectivity index (χ2v) is 7.12. The summed E-state index contributed by atoms with van der Waals surface area (Å²) in [5, 5.41) is 9.98. The molecular formula is C16H17Cl2NOTi. The number of phenolic OH excluding ortho intramolecular Hbond substituents is 1. The van der Waals surface area contributed by atoms with E-state index in [2.05, 4.69) is 11.9 Å². The summed E-state index contributed by atoms with van der Waals surface area (Å²) in [5.74, 6) is 0.287. The van der Waals surface area contributed by atoms with Gasteiger partial charge in [-0.25, -0.2) is 0 Å². The van der Waals surface area contributed by atoms with Crippen molar-refractivity contribution in [3.05, 3.63) is 58.7 Å². The summed E-state index contributed by atoms with van der Waals surface area (Å²) in [6.07, 6.45) is 1.73. The molecule has 0 radical (unpaired) electrons. The number of para-hydroxylation sites is 1. The van der Waals surface area contributed by atoms with Crippen LogP contribution in [0.1, 0.15) is 22.3 Å². The number of halogens is 2. The molecule has 0 bridgehead atoms.